The Morgan fingerprint density at radius 2 is 1.80 bits per heavy atom. The first-order valence-electron chi connectivity index (χ1n) is 9.52. The van der Waals surface area contributed by atoms with E-state index in [1.807, 2.05) is 13.0 Å². The summed E-state index contributed by atoms with van der Waals surface area (Å²) in [6.45, 7) is 7.50. The monoisotopic (exact) mass is 535 g/mol. The van der Waals surface area contributed by atoms with Crippen LogP contribution in [0.5, 0.6) is 0 Å². The molecular formula is C23H23Br2NO4. The summed E-state index contributed by atoms with van der Waals surface area (Å²) in [6.07, 6.45) is -0.327. The molecule has 2 aromatic carbocycles. The SMILES string of the molecule is Cc1cc(Br)c(Br)c(C(=O)C2=C(O)c3ccccc3N(C(=O)OC(C)(C)C)CC2)c1. The predicted molar refractivity (Wildman–Crippen MR) is 125 cm³/mol. The van der Waals surface area contributed by atoms with Crippen LogP contribution in [0.15, 0.2) is 50.9 Å². The largest absolute Gasteiger partial charge is 0.507 e. The Labute approximate surface area is 193 Å². The number of Topliss-reactive ketones (excluding diaryl/α,β-unsaturated/α-hetero) is 1. The number of ether oxygens (including phenoxy) is 1. The van der Waals surface area contributed by atoms with Crippen molar-refractivity contribution in [1.82, 2.24) is 0 Å². The molecule has 1 N–H and O–H groups in total. The van der Waals surface area contributed by atoms with Crippen LogP contribution in [0, 0.1) is 6.92 Å². The number of aliphatic hydroxyl groups excluding tert-OH is 1. The number of carbonyl (C=O) groups is 2. The van der Waals surface area contributed by atoms with Gasteiger partial charge in [0.05, 0.1) is 5.69 Å². The van der Waals surface area contributed by atoms with E-state index in [1.165, 1.54) is 4.90 Å². The first kappa shape index (κ1) is 22.6. The second-order valence-corrected chi connectivity index (χ2v) is 9.81. The molecule has 0 saturated carbocycles. The molecule has 1 heterocycles. The Balaban J connectivity index is 2.07. The number of aryl methyl sites for hydroxylation is 1. The van der Waals surface area contributed by atoms with Gasteiger partial charge in [-0.15, -0.1) is 0 Å². The average molecular weight is 537 g/mol. The molecule has 0 aliphatic carbocycles. The van der Waals surface area contributed by atoms with Gasteiger partial charge in [-0.1, -0.05) is 12.1 Å². The second-order valence-electron chi connectivity index (χ2n) is 8.16. The minimum Gasteiger partial charge on any atom is -0.507 e. The summed E-state index contributed by atoms with van der Waals surface area (Å²) in [7, 11) is 0. The zero-order chi connectivity index (χ0) is 22.2. The lowest BCUT2D eigenvalue weighted by Gasteiger charge is -2.27. The number of anilines is 1. The molecule has 3 rings (SSSR count). The van der Waals surface area contributed by atoms with Gasteiger partial charge in [0.15, 0.2) is 5.78 Å². The van der Waals surface area contributed by atoms with Gasteiger partial charge in [-0.05, 0) is 95.8 Å². The van der Waals surface area contributed by atoms with Gasteiger partial charge in [0.2, 0.25) is 0 Å². The highest BCUT2D eigenvalue weighted by atomic mass is 79.9. The molecule has 30 heavy (non-hydrogen) atoms. The molecule has 0 atom stereocenters. The summed E-state index contributed by atoms with van der Waals surface area (Å²) < 4.78 is 6.93. The fourth-order valence-corrected chi connectivity index (χ4v) is 4.30. The van der Waals surface area contributed by atoms with E-state index in [9.17, 15) is 14.7 Å². The van der Waals surface area contributed by atoms with Crippen LogP contribution < -0.4 is 4.90 Å². The van der Waals surface area contributed by atoms with Gasteiger partial charge in [-0.2, -0.15) is 0 Å². The van der Waals surface area contributed by atoms with Crippen LogP contribution in [0.25, 0.3) is 5.76 Å². The Kier molecular flexibility index (Phi) is 6.43. The molecule has 2 aromatic rings. The summed E-state index contributed by atoms with van der Waals surface area (Å²) >= 11 is 6.92. The number of aliphatic hydroxyl groups is 1. The molecule has 158 valence electrons. The van der Waals surface area contributed by atoms with E-state index in [0.717, 1.165) is 10.0 Å². The van der Waals surface area contributed by atoms with Crippen LogP contribution >= 0.6 is 31.9 Å². The molecule has 1 amide bonds. The van der Waals surface area contributed by atoms with Crippen molar-refractivity contribution in [3.8, 4) is 0 Å². The smallest absolute Gasteiger partial charge is 0.414 e. The molecule has 1 aliphatic heterocycles. The van der Waals surface area contributed by atoms with Crippen molar-refractivity contribution in [1.29, 1.82) is 0 Å². The number of para-hydroxylation sites is 1. The first-order valence-corrected chi connectivity index (χ1v) is 11.1. The number of fused-ring (bicyclic) bond motifs is 1. The molecule has 0 spiro atoms. The van der Waals surface area contributed by atoms with Gasteiger partial charge in [-0.3, -0.25) is 9.69 Å². The van der Waals surface area contributed by atoms with Crippen molar-refractivity contribution in [2.45, 2.75) is 39.7 Å². The zero-order valence-corrected chi connectivity index (χ0v) is 20.4. The third-order valence-corrected chi connectivity index (χ3v) is 6.64. The van der Waals surface area contributed by atoms with Gasteiger partial charge in [0.1, 0.15) is 11.4 Å². The Hall–Kier alpha value is -2.12. The summed E-state index contributed by atoms with van der Waals surface area (Å²) in [5.41, 5.74) is 1.89. The Bertz CT molecular complexity index is 1050. The highest BCUT2D eigenvalue weighted by Gasteiger charge is 2.31. The Morgan fingerprint density at radius 1 is 1.13 bits per heavy atom. The molecule has 0 unspecified atom stereocenters. The molecule has 0 radical (unpaired) electrons. The maximum absolute atomic E-state index is 13.4. The fourth-order valence-electron chi connectivity index (χ4n) is 3.31. The maximum Gasteiger partial charge on any atom is 0.414 e. The lowest BCUT2D eigenvalue weighted by Crippen LogP contribution is -2.37. The van der Waals surface area contributed by atoms with Crippen LogP contribution in [-0.4, -0.2) is 29.1 Å². The average Bonchev–Trinajstić information content (AvgIpc) is 2.80. The van der Waals surface area contributed by atoms with E-state index in [4.69, 9.17) is 4.74 Å². The number of carbonyl (C=O) groups excluding carboxylic acids is 2. The van der Waals surface area contributed by atoms with Gasteiger partial charge < -0.3 is 9.84 Å². The first-order chi connectivity index (χ1) is 14.0. The molecule has 7 heteroatoms. The fraction of sp³-hybridized carbons (Fsp3) is 0.304. The summed E-state index contributed by atoms with van der Waals surface area (Å²) in [5, 5.41) is 11.0. The molecule has 5 nitrogen and oxygen atoms in total. The van der Waals surface area contributed by atoms with Crippen molar-refractivity contribution in [3.63, 3.8) is 0 Å². The maximum atomic E-state index is 13.4. The van der Waals surface area contributed by atoms with E-state index < -0.39 is 11.7 Å². The van der Waals surface area contributed by atoms with Crippen molar-refractivity contribution in [2.24, 2.45) is 0 Å². The van der Waals surface area contributed by atoms with Crippen LogP contribution in [0.1, 0.15) is 48.7 Å². The molecule has 0 bridgehead atoms. The number of halogens is 2. The lowest BCUT2D eigenvalue weighted by molar-refractivity contribution is 0.0580. The highest BCUT2D eigenvalue weighted by Crippen LogP contribution is 2.37. The number of rotatable bonds is 2. The predicted octanol–water partition coefficient (Wildman–Crippen LogP) is 6.82. The van der Waals surface area contributed by atoms with Gasteiger partial charge in [0, 0.05) is 32.2 Å². The standard InChI is InChI=1S/C23H23Br2NO4/c1-13-11-16(19(25)17(24)12-13)21(28)15-9-10-26(22(29)30-23(2,3)4)18-8-6-5-7-14(18)20(15)27/h5-8,11-12,27H,9-10H2,1-4H3. The van der Waals surface area contributed by atoms with E-state index in [0.29, 0.717) is 21.3 Å². The highest BCUT2D eigenvalue weighted by molar-refractivity contribution is 9.13. The summed E-state index contributed by atoms with van der Waals surface area (Å²) in [4.78, 5) is 27.7. The van der Waals surface area contributed by atoms with Crippen LogP contribution in [-0.2, 0) is 4.74 Å². The molecule has 0 fully saturated rings. The number of amides is 1. The van der Waals surface area contributed by atoms with Crippen molar-refractivity contribution < 1.29 is 19.4 Å². The van der Waals surface area contributed by atoms with E-state index >= 15 is 0 Å². The quantitative estimate of drug-likeness (QED) is 0.428. The van der Waals surface area contributed by atoms with Crippen LogP contribution in [0.4, 0.5) is 10.5 Å². The van der Waals surface area contributed by atoms with Crippen LogP contribution in [0.2, 0.25) is 0 Å². The van der Waals surface area contributed by atoms with E-state index in [-0.39, 0.29) is 30.1 Å². The Morgan fingerprint density at radius 3 is 2.47 bits per heavy atom. The minimum atomic E-state index is -0.662. The van der Waals surface area contributed by atoms with Gasteiger partial charge in [-0.25, -0.2) is 4.79 Å². The zero-order valence-electron chi connectivity index (χ0n) is 17.3. The summed E-state index contributed by atoms with van der Waals surface area (Å²) in [5.74, 6) is -0.407. The molecular weight excluding hydrogens is 514 g/mol. The normalized spacial score (nSPS) is 14.3. The van der Waals surface area contributed by atoms with Gasteiger partial charge >= 0.3 is 6.09 Å². The minimum absolute atomic E-state index is 0.119. The topological polar surface area (TPSA) is 66.8 Å². The lowest BCUT2D eigenvalue weighted by atomic mass is 9.96. The van der Waals surface area contributed by atoms with Gasteiger partial charge in [0.25, 0.3) is 0 Å². The third kappa shape index (κ3) is 4.62. The number of hydrogen-bond donors (Lipinski definition) is 1. The van der Waals surface area contributed by atoms with Crippen molar-refractivity contribution >= 4 is 55.2 Å². The van der Waals surface area contributed by atoms with Crippen molar-refractivity contribution in [3.05, 3.63) is 67.6 Å². The van der Waals surface area contributed by atoms with E-state index in [1.54, 1.807) is 51.1 Å². The third-order valence-electron chi connectivity index (χ3n) is 4.63. The summed E-state index contributed by atoms with van der Waals surface area (Å²) in [6, 6.07) is 10.7. The second kappa shape index (κ2) is 8.55. The van der Waals surface area contributed by atoms with E-state index in [2.05, 4.69) is 31.9 Å². The molecule has 1 aliphatic rings. The van der Waals surface area contributed by atoms with Crippen LogP contribution in [0.3, 0.4) is 0 Å². The molecule has 0 saturated heterocycles. The number of nitrogens with zero attached hydrogens (tertiary/aromatic N) is 1. The number of benzene rings is 2. The van der Waals surface area contributed by atoms with Crippen molar-refractivity contribution in [2.75, 3.05) is 11.4 Å². The number of hydrogen-bond acceptors (Lipinski definition) is 4. The number of ketones is 1. The molecule has 0 aromatic heterocycles.